The third-order valence-corrected chi connectivity index (χ3v) is 8.17. The van der Waals surface area contributed by atoms with Crippen molar-refractivity contribution >= 4 is 37.5 Å². The Bertz CT molecular complexity index is 1390. The number of amides is 1. The van der Waals surface area contributed by atoms with E-state index < -0.39 is 33.5 Å². The molecular weight excluding hydrogens is 456 g/mol. The summed E-state index contributed by atoms with van der Waals surface area (Å²) < 4.78 is 56.8. The Hall–Kier alpha value is -2.87. The quantitative estimate of drug-likeness (QED) is 0.545. The van der Waals surface area contributed by atoms with Crippen molar-refractivity contribution < 1.29 is 22.0 Å². The maximum atomic E-state index is 14.4. The number of terminal acetylenes is 1. The number of rotatable bonds is 4. The second-order valence-corrected chi connectivity index (χ2v) is 10.3. The van der Waals surface area contributed by atoms with Gasteiger partial charge in [-0.15, -0.1) is 6.42 Å². The van der Waals surface area contributed by atoms with E-state index in [0.29, 0.717) is 19.4 Å². The fraction of sp³-hybridized carbons (Fsp3) is 0.273. The van der Waals surface area contributed by atoms with E-state index in [-0.39, 0.29) is 33.0 Å². The Morgan fingerprint density at radius 2 is 2.00 bits per heavy atom. The molecule has 1 fully saturated rings. The van der Waals surface area contributed by atoms with Gasteiger partial charge in [-0.3, -0.25) is 4.79 Å². The molecule has 0 bridgehead atoms. The summed E-state index contributed by atoms with van der Waals surface area (Å²) in [5.41, 5.74) is 0.0813. The summed E-state index contributed by atoms with van der Waals surface area (Å²) in [5, 5.41) is 0. The van der Waals surface area contributed by atoms with Crippen LogP contribution in [0.5, 0.6) is 0 Å². The van der Waals surface area contributed by atoms with E-state index in [1.165, 1.54) is 21.0 Å². The van der Waals surface area contributed by atoms with Crippen molar-refractivity contribution in [2.24, 2.45) is 10.9 Å². The molecule has 0 spiro atoms. The van der Waals surface area contributed by atoms with E-state index in [4.69, 9.17) is 6.42 Å². The third-order valence-electron chi connectivity index (χ3n) is 5.26. The smallest absolute Gasteiger partial charge is 0.252 e. The standard InChI is InChI=1S/C22H19F2N3O3S2/c1-2-10-27-20-18(24)12-16(23)13-19(20)31-22(27)25-21(28)15-7-6-11-26(14-15)32(29,30)17-8-4-3-5-9-17/h1,3-5,8-9,12-13,15H,6-7,10-11,14H2. The van der Waals surface area contributed by atoms with Crippen LogP contribution in [0.4, 0.5) is 8.78 Å². The second kappa shape index (κ2) is 8.94. The first-order valence-corrected chi connectivity index (χ1v) is 12.1. The molecule has 166 valence electrons. The highest BCUT2D eigenvalue weighted by Crippen LogP contribution is 2.25. The minimum Gasteiger partial charge on any atom is -0.302 e. The first-order chi connectivity index (χ1) is 15.3. The summed E-state index contributed by atoms with van der Waals surface area (Å²) in [6.45, 7) is 0.266. The molecule has 1 unspecified atom stereocenters. The lowest BCUT2D eigenvalue weighted by molar-refractivity contribution is -0.122. The molecule has 0 aliphatic carbocycles. The predicted octanol–water partition coefficient (Wildman–Crippen LogP) is 3.14. The van der Waals surface area contributed by atoms with Crippen LogP contribution in [-0.2, 0) is 21.4 Å². The van der Waals surface area contributed by atoms with Crippen LogP contribution in [0.2, 0.25) is 0 Å². The molecule has 1 amide bonds. The molecule has 1 saturated heterocycles. The number of piperidine rings is 1. The van der Waals surface area contributed by atoms with Crippen LogP contribution in [0, 0.1) is 29.9 Å². The van der Waals surface area contributed by atoms with Gasteiger partial charge < -0.3 is 4.57 Å². The molecule has 1 aliphatic heterocycles. The number of aromatic nitrogens is 1. The lowest BCUT2D eigenvalue weighted by Crippen LogP contribution is -2.42. The minimum absolute atomic E-state index is 0.00256. The molecular formula is C22H19F2N3O3S2. The van der Waals surface area contributed by atoms with Crippen LogP contribution in [0.3, 0.4) is 0 Å². The van der Waals surface area contributed by atoms with Gasteiger partial charge in [0, 0.05) is 19.2 Å². The fourth-order valence-electron chi connectivity index (χ4n) is 3.74. The molecule has 6 nitrogen and oxygen atoms in total. The van der Waals surface area contributed by atoms with Gasteiger partial charge in [0.1, 0.15) is 5.82 Å². The lowest BCUT2D eigenvalue weighted by atomic mass is 9.99. The second-order valence-electron chi connectivity index (χ2n) is 7.37. The first-order valence-electron chi connectivity index (χ1n) is 9.87. The van der Waals surface area contributed by atoms with E-state index in [1.54, 1.807) is 18.2 Å². The number of hydrogen-bond donors (Lipinski definition) is 0. The first kappa shape index (κ1) is 22.3. The molecule has 0 N–H and O–H groups in total. The fourth-order valence-corrected chi connectivity index (χ4v) is 6.36. The maximum absolute atomic E-state index is 14.4. The number of sulfonamides is 1. The Labute approximate surface area is 187 Å². The highest BCUT2D eigenvalue weighted by molar-refractivity contribution is 7.89. The number of hydrogen-bond acceptors (Lipinski definition) is 4. The summed E-state index contributed by atoms with van der Waals surface area (Å²) in [6.07, 6.45) is 6.38. The van der Waals surface area contributed by atoms with Crippen LogP contribution in [-0.4, -0.2) is 36.3 Å². The Balaban J connectivity index is 1.67. The van der Waals surface area contributed by atoms with Gasteiger partial charge in [-0.05, 0) is 31.0 Å². The van der Waals surface area contributed by atoms with Crippen molar-refractivity contribution in [1.82, 2.24) is 8.87 Å². The number of nitrogens with zero attached hydrogens (tertiary/aromatic N) is 3. The highest BCUT2D eigenvalue weighted by atomic mass is 32.2. The SMILES string of the molecule is C#CCn1c(=NC(=O)C2CCCN(S(=O)(=O)c3ccccc3)C2)sc2cc(F)cc(F)c21. The topological polar surface area (TPSA) is 71.7 Å². The van der Waals surface area contributed by atoms with Gasteiger partial charge in [-0.2, -0.15) is 9.30 Å². The minimum atomic E-state index is -3.73. The van der Waals surface area contributed by atoms with Crippen molar-refractivity contribution in [2.45, 2.75) is 24.3 Å². The summed E-state index contributed by atoms with van der Waals surface area (Å²) >= 11 is 0.956. The van der Waals surface area contributed by atoms with Gasteiger partial charge >= 0.3 is 0 Å². The van der Waals surface area contributed by atoms with Gasteiger partial charge in [0.25, 0.3) is 5.91 Å². The number of benzene rings is 2. The van der Waals surface area contributed by atoms with Gasteiger partial charge in [-0.1, -0.05) is 35.5 Å². The summed E-state index contributed by atoms with van der Waals surface area (Å²) in [5.74, 6) is -0.303. The van der Waals surface area contributed by atoms with Gasteiger partial charge in [0.05, 0.1) is 27.6 Å². The van der Waals surface area contributed by atoms with Gasteiger partial charge in [0.15, 0.2) is 10.6 Å². The largest absolute Gasteiger partial charge is 0.302 e. The van der Waals surface area contributed by atoms with Crippen LogP contribution >= 0.6 is 11.3 Å². The van der Waals surface area contributed by atoms with Crippen molar-refractivity contribution in [3.63, 3.8) is 0 Å². The molecule has 4 rings (SSSR count). The van der Waals surface area contributed by atoms with Crippen molar-refractivity contribution in [3.8, 4) is 12.3 Å². The molecule has 1 atom stereocenters. The van der Waals surface area contributed by atoms with E-state index in [1.807, 2.05) is 0 Å². The highest BCUT2D eigenvalue weighted by Gasteiger charge is 2.33. The molecule has 3 aromatic rings. The molecule has 10 heteroatoms. The van der Waals surface area contributed by atoms with E-state index >= 15 is 0 Å². The number of fused-ring (bicyclic) bond motifs is 1. The van der Waals surface area contributed by atoms with Crippen LogP contribution in [0.25, 0.3) is 10.2 Å². The normalized spacial score (nSPS) is 18.0. The zero-order valence-electron chi connectivity index (χ0n) is 16.9. The maximum Gasteiger partial charge on any atom is 0.252 e. The number of carbonyl (C=O) groups excluding carboxylic acids is 1. The molecule has 1 aromatic heterocycles. The zero-order valence-corrected chi connectivity index (χ0v) is 18.5. The van der Waals surface area contributed by atoms with Crippen molar-refractivity contribution in [3.05, 3.63) is 58.9 Å². The summed E-state index contributed by atoms with van der Waals surface area (Å²) in [4.78, 5) is 17.4. The van der Waals surface area contributed by atoms with E-state index in [9.17, 15) is 22.0 Å². The van der Waals surface area contributed by atoms with Crippen LogP contribution in [0.15, 0.2) is 52.4 Å². The lowest BCUT2D eigenvalue weighted by Gasteiger charge is -2.30. The average molecular weight is 476 g/mol. The number of thiazole rings is 1. The summed E-state index contributed by atoms with van der Waals surface area (Å²) in [7, 11) is -3.73. The van der Waals surface area contributed by atoms with Gasteiger partial charge in [0.2, 0.25) is 10.0 Å². The third kappa shape index (κ3) is 4.24. The average Bonchev–Trinajstić information content (AvgIpc) is 3.11. The predicted molar refractivity (Wildman–Crippen MR) is 117 cm³/mol. The Morgan fingerprint density at radius 3 is 2.72 bits per heavy atom. The zero-order chi connectivity index (χ0) is 22.9. The van der Waals surface area contributed by atoms with E-state index in [0.717, 1.165) is 23.5 Å². The molecule has 2 heterocycles. The molecule has 0 saturated carbocycles. The Kier molecular flexibility index (Phi) is 6.24. The van der Waals surface area contributed by atoms with Crippen LogP contribution in [0.1, 0.15) is 12.8 Å². The molecule has 0 radical (unpaired) electrons. The van der Waals surface area contributed by atoms with Gasteiger partial charge in [-0.25, -0.2) is 17.2 Å². The number of carbonyl (C=O) groups is 1. The molecule has 1 aliphatic rings. The van der Waals surface area contributed by atoms with Crippen LogP contribution < -0.4 is 4.80 Å². The van der Waals surface area contributed by atoms with E-state index in [2.05, 4.69) is 10.9 Å². The number of halogens is 2. The van der Waals surface area contributed by atoms with Crippen molar-refractivity contribution in [1.29, 1.82) is 0 Å². The van der Waals surface area contributed by atoms with Crippen molar-refractivity contribution in [2.75, 3.05) is 13.1 Å². The monoisotopic (exact) mass is 475 g/mol. The Morgan fingerprint density at radius 1 is 1.25 bits per heavy atom. The molecule has 2 aromatic carbocycles. The molecule has 32 heavy (non-hydrogen) atoms. The summed E-state index contributed by atoms with van der Waals surface area (Å²) in [6, 6.07) is 9.95.